The van der Waals surface area contributed by atoms with Crippen LogP contribution in [0.25, 0.3) is 0 Å². The SMILES string of the molecule is NC(=O)[C@@H](N)CC(=O)O.O. The molecule has 10 heavy (non-hydrogen) atoms. The molecule has 0 aliphatic heterocycles. The monoisotopic (exact) mass is 150 g/mol. The maximum absolute atomic E-state index is 10.1. The van der Waals surface area contributed by atoms with Crippen LogP contribution in [0.2, 0.25) is 0 Å². The molecule has 0 aliphatic carbocycles. The van der Waals surface area contributed by atoms with E-state index in [0.717, 1.165) is 0 Å². The lowest BCUT2D eigenvalue weighted by Gasteiger charge is -2.00. The van der Waals surface area contributed by atoms with Crippen molar-refractivity contribution in [1.29, 1.82) is 0 Å². The maximum Gasteiger partial charge on any atom is 0.305 e. The van der Waals surface area contributed by atoms with E-state index in [1.807, 2.05) is 0 Å². The van der Waals surface area contributed by atoms with Gasteiger partial charge in [0.25, 0.3) is 0 Å². The van der Waals surface area contributed by atoms with Crippen molar-refractivity contribution in [2.45, 2.75) is 12.5 Å². The van der Waals surface area contributed by atoms with Crippen LogP contribution in [0.15, 0.2) is 0 Å². The molecule has 0 radical (unpaired) electrons. The quantitative estimate of drug-likeness (QED) is 0.407. The maximum atomic E-state index is 10.1. The van der Waals surface area contributed by atoms with Crippen LogP contribution in [0.1, 0.15) is 6.42 Å². The first kappa shape index (κ1) is 11.6. The molecule has 6 nitrogen and oxygen atoms in total. The molecule has 0 spiro atoms. The minimum atomic E-state index is -1.12. The van der Waals surface area contributed by atoms with Gasteiger partial charge in [0.15, 0.2) is 0 Å². The molecule has 6 heteroatoms. The molecule has 60 valence electrons. The molecule has 0 saturated heterocycles. The van der Waals surface area contributed by atoms with E-state index in [2.05, 4.69) is 5.73 Å². The van der Waals surface area contributed by atoms with Gasteiger partial charge in [-0.05, 0) is 0 Å². The van der Waals surface area contributed by atoms with Crippen LogP contribution in [-0.4, -0.2) is 28.5 Å². The zero-order chi connectivity index (χ0) is 7.44. The van der Waals surface area contributed by atoms with Gasteiger partial charge in [-0.2, -0.15) is 0 Å². The van der Waals surface area contributed by atoms with Crippen molar-refractivity contribution in [2.24, 2.45) is 11.5 Å². The molecule has 7 N–H and O–H groups in total. The first-order valence-corrected chi connectivity index (χ1v) is 2.30. The molecule has 1 amide bonds. The van der Waals surface area contributed by atoms with Gasteiger partial charge in [-0.3, -0.25) is 9.59 Å². The summed E-state index contributed by atoms with van der Waals surface area (Å²) in [6, 6.07) is -1.07. The first-order chi connectivity index (χ1) is 4.04. The number of carboxylic acid groups (broad SMARTS) is 1. The summed E-state index contributed by atoms with van der Waals surface area (Å²) < 4.78 is 0. The van der Waals surface area contributed by atoms with Gasteiger partial charge in [-0.15, -0.1) is 0 Å². The Morgan fingerprint density at radius 2 is 1.90 bits per heavy atom. The number of carboxylic acids is 1. The molecule has 0 unspecified atom stereocenters. The molecule has 0 aromatic rings. The van der Waals surface area contributed by atoms with Gasteiger partial charge in [-0.25, -0.2) is 0 Å². The van der Waals surface area contributed by atoms with Gasteiger partial charge in [0, 0.05) is 0 Å². The van der Waals surface area contributed by atoms with Gasteiger partial charge in [-0.1, -0.05) is 0 Å². The van der Waals surface area contributed by atoms with Crippen LogP contribution >= 0.6 is 0 Å². The van der Waals surface area contributed by atoms with Crippen molar-refractivity contribution in [3.05, 3.63) is 0 Å². The Kier molecular flexibility index (Phi) is 5.48. The molecular weight excluding hydrogens is 140 g/mol. The zero-order valence-corrected chi connectivity index (χ0v) is 5.20. The second-order valence-electron chi connectivity index (χ2n) is 1.61. The van der Waals surface area contributed by atoms with E-state index >= 15 is 0 Å². The fraction of sp³-hybridized carbons (Fsp3) is 0.500. The Morgan fingerprint density at radius 1 is 1.50 bits per heavy atom. The predicted octanol–water partition coefficient (Wildman–Crippen LogP) is -2.55. The molecule has 0 saturated carbocycles. The van der Waals surface area contributed by atoms with E-state index in [4.69, 9.17) is 10.8 Å². The number of aliphatic carboxylic acids is 1. The molecular formula is C4H10N2O4. The third kappa shape index (κ3) is 5.01. The molecule has 0 aliphatic rings. The zero-order valence-electron chi connectivity index (χ0n) is 5.20. The van der Waals surface area contributed by atoms with Crippen LogP contribution in [0.3, 0.4) is 0 Å². The van der Waals surface area contributed by atoms with Gasteiger partial charge in [0.1, 0.15) is 0 Å². The van der Waals surface area contributed by atoms with Gasteiger partial charge in [0.2, 0.25) is 5.91 Å². The number of primary amides is 1. The van der Waals surface area contributed by atoms with Crippen molar-refractivity contribution < 1.29 is 20.2 Å². The van der Waals surface area contributed by atoms with Crippen LogP contribution in [-0.2, 0) is 9.59 Å². The van der Waals surface area contributed by atoms with Crippen molar-refractivity contribution in [2.75, 3.05) is 0 Å². The summed E-state index contributed by atoms with van der Waals surface area (Å²) in [5.41, 5.74) is 9.62. The molecule has 1 atom stereocenters. The lowest BCUT2D eigenvalue weighted by molar-refractivity contribution is -0.139. The Morgan fingerprint density at radius 3 is 2.00 bits per heavy atom. The number of nitrogens with two attached hydrogens (primary N) is 2. The topological polar surface area (TPSA) is 138 Å². The van der Waals surface area contributed by atoms with Gasteiger partial charge < -0.3 is 22.1 Å². The Labute approximate surface area is 57.1 Å². The van der Waals surface area contributed by atoms with E-state index < -0.39 is 24.3 Å². The normalized spacial score (nSPS) is 11.3. The summed E-state index contributed by atoms with van der Waals surface area (Å²) in [6.45, 7) is 0. The second-order valence-corrected chi connectivity index (χ2v) is 1.61. The van der Waals surface area contributed by atoms with E-state index in [-0.39, 0.29) is 5.48 Å². The highest BCUT2D eigenvalue weighted by molar-refractivity contribution is 5.84. The van der Waals surface area contributed by atoms with Crippen molar-refractivity contribution in [1.82, 2.24) is 0 Å². The van der Waals surface area contributed by atoms with E-state index in [0.29, 0.717) is 0 Å². The highest BCUT2D eigenvalue weighted by Crippen LogP contribution is 1.84. The Bertz CT molecular complexity index is 135. The predicted molar refractivity (Wildman–Crippen MR) is 33.0 cm³/mol. The van der Waals surface area contributed by atoms with Gasteiger partial charge >= 0.3 is 5.97 Å². The van der Waals surface area contributed by atoms with Crippen LogP contribution in [0, 0.1) is 0 Å². The molecule has 0 aromatic heterocycles. The lowest BCUT2D eigenvalue weighted by atomic mass is 10.2. The number of rotatable bonds is 3. The Hall–Kier alpha value is -1.14. The molecule has 0 fully saturated rings. The standard InChI is InChI=1S/C4H8N2O3.H2O/c5-2(4(6)9)1-3(7)8;/h2H,1,5H2,(H2,6,9)(H,7,8);1H2/t2-;/m0./s1. The minimum Gasteiger partial charge on any atom is -0.481 e. The highest BCUT2D eigenvalue weighted by atomic mass is 16.4. The fourth-order valence-electron chi connectivity index (χ4n) is 0.289. The second kappa shape index (κ2) is 4.71. The number of hydrogen-bond acceptors (Lipinski definition) is 3. The lowest BCUT2D eigenvalue weighted by Crippen LogP contribution is -2.38. The average Bonchev–Trinajstić information content (AvgIpc) is 1.63. The van der Waals surface area contributed by atoms with E-state index in [1.165, 1.54) is 0 Å². The highest BCUT2D eigenvalue weighted by Gasteiger charge is 2.12. The first-order valence-electron chi connectivity index (χ1n) is 2.30. The van der Waals surface area contributed by atoms with E-state index in [9.17, 15) is 9.59 Å². The number of amides is 1. The number of carbonyl (C=O) groups is 2. The van der Waals surface area contributed by atoms with Crippen molar-refractivity contribution in [3.8, 4) is 0 Å². The van der Waals surface area contributed by atoms with Crippen molar-refractivity contribution >= 4 is 11.9 Å². The minimum absolute atomic E-state index is 0. The van der Waals surface area contributed by atoms with Crippen LogP contribution < -0.4 is 11.5 Å². The Balaban J connectivity index is 0. The molecule has 0 aromatic carbocycles. The van der Waals surface area contributed by atoms with Crippen LogP contribution in [0.5, 0.6) is 0 Å². The third-order valence-electron chi connectivity index (χ3n) is 0.760. The van der Waals surface area contributed by atoms with Gasteiger partial charge in [0.05, 0.1) is 12.5 Å². The summed E-state index contributed by atoms with van der Waals surface area (Å²) in [7, 11) is 0. The summed E-state index contributed by atoms with van der Waals surface area (Å²) in [6.07, 6.45) is -0.407. The summed E-state index contributed by atoms with van der Waals surface area (Å²) >= 11 is 0. The molecule has 0 bridgehead atoms. The smallest absolute Gasteiger partial charge is 0.305 e. The largest absolute Gasteiger partial charge is 0.481 e. The fourth-order valence-corrected chi connectivity index (χ4v) is 0.289. The summed E-state index contributed by atoms with van der Waals surface area (Å²) in [5, 5.41) is 8.04. The summed E-state index contributed by atoms with van der Waals surface area (Å²) in [5.74, 6) is -1.92. The third-order valence-corrected chi connectivity index (χ3v) is 0.760. The average molecular weight is 150 g/mol. The van der Waals surface area contributed by atoms with E-state index in [1.54, 1.807) is 0 Å². The number of hydrogen-bond donors (Lipinski definition) is 3. The van der Waals surface area contributed by atoms with Crippen molar-refractivity contribution in [3.63, 3.8) is 0 Å². The molecule has 0 heterocycles. The summed E-state index contributed by atoms with van der Waals surface area (Å²) in [4.78, 5) is 19.9. The number of carbonyl (C=O) groups excluding carboxylic acids is 1. The molecule has 0 rings (SSSR count). The van der Waals surface area contributed by atoms with Crippen LogP contribution in [0.4, 0.5) is 0 Å².